The molecule has 1 heterocycles. The summed E-state index contributed by atoms with van der Waals surface area (Å²) in [6, 6.07) is 12.4. The average Bonchev–Trinajstić information content (AvgIpc) is 2.71. The number of methoxy groups -OCH3 is 3. The largest absolute Gasteiger partial charge is 0.497 e. The first-order valence-corrected chi connectivity index (χ1v) is 8.76. The van der Waals surface area contributed by atoms with Gasteiger partial charge in [0.15, 0.2) is 11.5 Å². The number of pyridine rings is 1. The molecule has 28 heavy (non-hydrogen) atoms. The Morgan fingerprint density at radius 3 is 2.46 bits per heavy atom. The highest BCUT2D eigenvalue weighted by atomic mass is 16.5. The molecule has 3 rings (SSSR count). The number of hydrogen-bond donors (Lipinski definition) is 2. The van der Waals surface area contributed by atoms with Gasteiger partial charge in [0.2, 0.25) is 5.91 Å². The van der Waals surface area contributed by atoms with Crippen LogP contribution in [0, 0.1) is 0 Å². The molecule has 0 aliphatic carbocycles. The average molecular weight is 382 g/mol. The number of fused-ring (bicyclic) bond motifs is 1. The SMILES string of the molecule is COc1ccc2[nH]c(=O)c(CCC(=O)Nc3ccc(OC)c(OC)c3)cc2c1. The van der Waals surface area contributed by atoms with E-state index in [9.17, 15) is 9.59 Å². The van der Waals surface area contributed by atoms with E-state index in [1.54, 1.807) is 50.6 Å². The van der Waals surface area contributed by atoms with E-state index in [1.807, 2.05) is 6.07 Å². The summed E-state index contributed by atoms with van der Waals surface area (Å²) in [6.45, 7) is 0. The molecule has 0 unspecified atom stereocenters. The first-order chi connectivity index (χ1) is 13.5. The fraction of sp³-hybridized carbons (Fsp3) is 0.238. The summed E-state index contributed by atoms with van der Waals surface area (Å²) in [5.74, 6) is 1.62. The fourth-order valence-corrected chi connectivity index (χ4v) is 2.93. The Morgan fingerprint density at radius 1 is 0.964 bits per heavy atom. The number of nitrogens with one attached hydrogen (secondary N) is 2. The smallest absolute Gasteiger partial charge is 0.251 e. The lowest BCUT2D eigenvalue weighted by molar-refractivity contribution is -0.116. The van der Waals surface area contributed by atoms with Crippen molar-refractivity contribution in [1.82, 2.24) is 4.98 Å². The Labute approximate surface area is 162 Å². The quantitative estimate of drug-likeness (QED) is 0.655. The molecule has 2 aromatic carbocycles. The van der Waals surface area contributed by atoms with E-state index in [0.717, 1.165) is 10.9 Å². The van der Waals surface area contributed by atoms with Crippen LogP contribution in [0.1, 0.15) is 12.0 Å². The molecule has 0 radical (unpaired) electrons. The van der Waals surface area contributed by atoms with Gasteiger partial charge in [-0.3, -0.25) is 9.59 Å². The molecule has 1 aromatic heterocycles. The molecule has 146 valence electrons. The van der Waals surface area contributed by atoms with Crippen molar-refractivity contribution in [2.45, 2.75) is 12.8 Å². The lowest BCUT2D eigenvalue weighted by Crippen LogP contribution is -2.17. The van der Waals surface area contributed by atoms with Crippen LogP contribution in [0.2, 0.25) is 0 Å². The number of hydrogen-bond acceptors (Lipinski definition) is 5. The van der Waals surface area contributed by atoms with Crippen molar-refractivity contribution in [3.05, 3.63) is 58.4 Å². The molecule has 3 aromatic rings. The zero-order valence-corrected chi connectivity index (χ0v) is 16.0. The lowest BCUT2D eigenvalue weighted by atomic mass is 10.1. The number of aromatic amines is 1. The van der Waals surface area contributed by atoms with Crippen molar-refractivity contribution in [1.29, 1.82) is 0 Å². The van der Waals surface area contributed by atoms with Crippen LogP contribution in [0.4, 0.5) is 5.69 Å². The monoisotopic (exact) mass is 382 g/mol. The molecule has 1 amide bonds. The number of ether oxygens (including phenoxy) is 3. The predicted molar refractivity (Wildman–Crippen MR) is 108 cm³/mol. The van der Waals surface area contributed by atoms with Crippen LogP contribution < -0.4 is 25.1 Å². The van der Waals surface area contributed by atoms with Crippen LogP contribution in [-0.4, -0.2) is 32.2 Å². The maximum Gasteiger partial charge on any atom is 0.251 e. The second kappa shape index (κ2) is 8.47. The fourth-order valence-electron chi connectivity index (χ4n) is 2.93. The molecule has 0 saturated carbocycles. The Hall–Kier alpha value is -3.48. The number of H-pyrrole nitrogens is 1. The summed E-state index contributed by atoms with van der Waals surface area (Å²) in [7, 11) is 4.67. The minimum absolute atomic E-state index is 0.174. The first kappa shape index (κ1) is 19.3. The molecule has 7 heteroatoms. The van der Waals surface area contributed by atoms with Crippen molar-refractivity contribution in [2.24, 2.45) is 0 Å². The normalized spacial score (nSPS) is 10.5. The van der Waals surface area contributed by atoms with E-state index in [2.05, 4.69) is 10.3 Å². The van der Waals surface area contributed by atoms with Gasteiger partial charge in [-0.1, -0.05) is 0 Å². The van der Waals surface area contributed by atoms with Crippen molar-refractivity contribution in [3.63, 3.8) is 0 Å². The Kier molecular flexibility index (Phi) is 5.84. The molecule has 0 saturated heterocycles. The molecule has 0 bridgehead atoms. The zero-order valence-electron chi connectivity index (χ0n) is 16.0. The van der Waals surface area contributed by atoms with Crippen LogP contribution in [0.5, 0.6) is 17.2 Å². The van der Waals surface area contributed by atoms with Crippen LogP contribution in [-0.2, 0) is 11.2 Å². The third kappa shape index (κ3) is 4.25. The minimum Gasteiger partial charge on any atom is -0.497 e. The molecule has 0 spiro atoms. The first-order valence-electron chi connectivity index (χ1n) is 8.76. The van der Waals surface area contributed by atoms with Crippen LogP contribution in [0.3, 0.4) is 0 Å². The predicted octanol–water partition coefficient (Wildman–Crippen LogP) is 3.13. The molecule has 7 nitrogen and oxygen atoms in total. The van der Waals surface area contributed by atoms with E-state index in [4.69, 9.17) is 14.2 Å². The second-order valence-electron chi connectivity index (χ2n) is 6.19. The number of aromatic nitrogens is 1. The van der Waals surface area contributed by atoms with Crippen LogP contribution in [0.25, 0.3) is 10.9 Å². The summed E-state index contributed by atoms with van der Waals surface area (Å²) in [5.41, 5.74) is 1.67. The van der Waals surface area contributed by atoms with E-state index in [0.29, 0.717) is 34.9 Å². The summed E-state index contributed by atoms with van der Waals surface area (Å²) in [5, 5.41) is 3.66. The Bertz CT molecular complexity index is 1060. The lowest BCUT2D eigenvalue weighted by Gasteiger charge is -2.10. The number of amides is 1. The van der Waals surface area contributed by atoms with Crippen molar-refractivity contribution >= 4 is 22.5 Å². The molecular formula is C21H22N2O5. The number of aryl methyl sites for hydroxylation is 1. The van der Waals surface area contributed by atoms with Gasteiger partial charge < -0.3 is 24.5 Å². The van der Waals surface area contributed by atoms with Gasteiger partial charge in [-0.25, -0.2) is 0 Å². The molecule has 0 aliphatic rings. The van der Waals surface area contributed by atoms with Gasteiger partial charge in [0.05, 0.1) is 21.3 Å². The highest BCUT2D eigenvalue weighted by molar-refractivity contribution is 5.91. The summed E-state index contributed by atoms with van der Waals surface area (Å²) < 4.78 is 15.6. The zero-order chi connectivity index (χ0) is 20.1. The topological polar surface area (TPSA) is 89.7 Å². The van der Waals surface area contributed by atoms with Crippen molar-refractivity contribution < 1.29 is 19.0 Å². The summed E-state index contributed by atoms with van der Waals surface area (Å²) >= 11 is 0. The molecular weight excluding hydrogens is 360 g/mol. The third-order valence-electron chi connectivity index (χ3n) is 4.42. The van der Waals surface area contributed by atoms with Crippen LogP contribution >= 0.6 is 0 Å². The number of carbonyl (C=O) groups is 1. The van der Waals surface area contributed by atoms with Gasteiger partial charge >= 0.3 is 0 Å². The molecule has 0 fully saturated rings. The summed E-state index contributed by atoms with van der Waals surface area (Å²) in [4.78, 5) is 27.4. The number of rotatable bonds is 7. The van der Waals surface area contributed by atoms with Gasteiger partial charge in [0.1, 0.15) is 5.75 Å². The highest BCUT2D eigenvalue weighted by Gasteiger charge is 2.10. The summed E-state index contributed by atoms with van der Waals surface area (Å²) in [6.07, 6.45) is 0.495. The van der Waals surface area contributed by atoms with Crippen LogP contribution in [0.15, 0.2) is 47.3 Å². The molecule has 2 N–H and O–H groups in total. The van der Waals surface area contributed by atoms with E-state index >= 15 is 0 Å². The third-order valence-corrected chi connectivity index (χ3v) is 4.42. The number of benzene rings is 2. The van der Waals surface area contributed by atoms with Gasteiger partial charge in [0.25, 0.3) is 5.56 Å². The second-order valence-corrected chi connectivity index (χ2v) is 6.19. The highest BCUT2D eigenvalue weighted by Crippen LogP contribution is 2.29. The molecule has 0 aliphatic heterocycles. The van der Waals surface area contributed by atoms with Gasteiger partial charge in [-0.2, -0.15) is 0 Å². The van der Waals surface area contributed by atoms with Gasteiger partial charge in [-0.05, 0) is 42.8 Å². The Balaban J connectivity index is 1.70. The van der Waals surface area contributed by atoms with Gasteiger partial charge in [-0.15, -0.1) is 0 Å². The van der Waals surface area contributed by atoms with Crippen molar-refractivity contribution in [3.8, 4) is 17.2 Å². The van der Waals surface area contributed by atoms with E-state index in [-0.39, 0.29) is 17.9 Å². The van der Waals surface area contributed by atoms with Gasteiger partial charge in [0, 0.05) is 34.6 Å². The van der Waals surface area contributed by atoms with E-state index < -0.39 is 0 Å². The standard InChI is InChI=1S/C21H22N2O5/c1-26-16-6-7-17-14(11-16)10-13(21(25)23-17)4-9-20(24)22-15-5-8-18(27-2)19(12-15)28-3/h5-8,10-12H,4,9H2,1-3H3,(H,22,24)(H,23,25). The number of carbonyl (C=O) groups excluding carboxylic acids is 1. The van der Waals surface area contributed by atoms with E-state index in [1.165, 1.54) is 7.11 Å². The maximum atomic E-state index is 12.3. The number of anilines is 1. The maximum absolute atomic E-state index is 12.3. The Morgan fingerprint density at radius 2 is 1.75 bits per heavy atom. The van der Waals surface area contributed by atoms with Crippen molar-refractivity contribution in [2.75, 3.05) is 26.6 Å². The molecule has 0 atom stereocenters. The minimum atomic E-state index is -0.198.